The van der Waals surface area contributed by atoms with E-state index in [-0.39, 0.29) is 28.4 Å². The highest BCUT2D eigenvalue weighted by Gasteiger charge is 2.67. The van der Waals surface area contributed by atoms with Crippen molar-refractivity contribution in [2.24, 2.45) is 34.3 Å². The summed E-state index contributed by atoms with van der Waals surface area (Å²) in [6.07, 6.45) is 11.1. The standard InChI is InChI=1S/C29H43N3O4/c1-27-10-7-21(32-16-15-31(14-13-30)26(32)34)17-20(27)4-5-24-23(27)8-11-28(2)22(9-12-29(24,28)35)19-3-6-25(33)36-18-19/h3,6,18,20-24,35H,4-5,7-17,30H2,1-2H3/t20-,21+,22-,23+,24-,27+,28-,29+/m1/s1. The lowest BCUT2D eigenvalue weighted by molar-refractivity contribution is -0.203. The number of nitrogens with zero attached hydrogens (tertiary/aromatic N) is 2. The first-order chi connectivity index (χ1) is 17.2. The molecule has 4 saturated carbocycles. The van der Waals surface area contributed by atoms with E-state index in [0.29, 0.717) is 36.9 Å². The summed E-state index contributed by atoms with van der Waals surface area (Å²) in [7, 11) is 0. The number of hydrogen-bond acceptors (Lipinski definition) is 5. The van der Waals surface area contributed by atoms with Gasteiger partial charge in [0.05, 0.1) is 11.9 Å². The Morgan fingerprint density at radius 2 is 1.86 bits per heavy atom. The van der Waals surface area contributed by atoms with Crippen molar-refractivity contribution in [3.05, 3.63) is 34.4 Å². The molecular weight excluding hydrogens is 454 g/mol. The molecule has 198 valence electrons. The molecule has 4 aliphatic carbocycles. The van der Waals surface area contributed by atoms with Crippen LogP contribution in [0, 0.1) is 28.6 Å². The number of carbonyl (C=O) groups is 1. The summed E-state index contributed by atoms with van der Waals surface area (Å²) in [6.45, 7) is 7.61. The molecule has 0 bridgehead atoms. The van der Waals surface area contributed by atoms with Gasteiger partial charge in [-0.25, -0.2) is 9.59 Å². The van der Waals surface area contributed by atoms with E-state index in [1.54, 1.807) is 6.26 Å². The van der Waals surface area contributed by atoms with Crippen LogP contribution in [0.3, 0.4) is 0 Å². The first-order valence-corrected chi connectivity index (χ1v) is 14.3. The topological polar surface area (TPSA) is 100 Å². The zero-order valence-electron chi connectivity index (χ0n) is 22.0. The van der Waals surface area contributed by atoms with E-state index in [1.165, 1.54) is 6.07 Å². The number of urea groups is 1. The molecule has 3 N–H and O–H groups in total. The molecule has 7 heteroatoms. The predicted octanol–water partition coefficient (Wildman–Crippen LogP) is 3.95. The van der Waals surface area contributed by atoms with Crippen LogP contribution >= 0.6 is 0 Å². The summed E-state index contributed by atoms with van der Waals surface area (Å²) in [5.41, 5.74) is 5.83. The summed E-state index contributed by atoms with van der Waals surface area (Å²) < 4.78 is 5.23. The average molecular weight is 498 g/mol. The highest BCUT2D eigenvalue weighted by atomic mass is 16.4. The van der Waals surface area contributed by atoms with Crippen LogP contribution in [-0.2, 0) is 0 Å². The van der Waals surface area contributed by atoms with Crippen LogP contribution in [0.2, 0.25) is 0 Å². The van der Waals surface area contributed by atoms with Crippen LogP contribution in [-0.4, -0.2) is 58.8 Å². The Morgan fingerprint density at radius 1 is 1.03 bits per heavy atom. The summed E-state index contributed by atoms with van der Waals surface area (Å²) in [5.74, 6) is 1.70. The Hall–Kier alpha value is -1.86. The minimum absolute atomic E-state index is 0.180. The normalized spacial score (nSPS) is 44.3. The van der Waals surface area contributed by atoms with Crippen molar-refractivity contribution in [2.75, 3.05) is 26.2 Å². The van der Waals surface area contributed by atoms with Crippen molar-refractivity contribution in [3.63, 3.8) is 0 Å². The second-order valence-corrected chi connectivity index (χ2v) is 13.0. The molecule has 1 saturated heterocycles. The van der Waals surface area contributed by atoms with Crippen molar-refractivity contribution < 1.29 is 14.3 Å². The maximum Gasteiger partial charge on any atom is 0.335 e. The van der Waals surface area contributed by atoms with Gasteiger partial charge in [0.25, 0.3) is 0 Å². The second-order valence-electron chi connectivity index (χ2n) is 13.0. The van der Waals surface area contributed by atoms with Crippen LogP contribution in [0.4, 0.5) is 4.79 Å². The smallest absolute Gasteiger partial charge is 0.335 e. The highest BCUT2D eigenvalue weighted by Crippen LogP contribution is 2.70. The molecule has 0 spiro atoms. The Bertz CT molecular complexity index is 1050. The lowest BCUT2D eigenvalue weighted by Gasteiger charge is -2.64. The molecule has 1 aliphatic heterocycles. The average Bonchev–Trinajstić information content (AvgIpc) is 3.36. The Morgan fingerprint density at radius 3 is 2.61 bits per heavy atom. The molecule has 5 aliphatic rings. The molecule has 8 atom stereocenters. The monoisotopic (exact) mass is 497 g/mol. The molecule has 5 fully saturated rings. The van der Waals surface area contributed by atoms with Gasteiger partial charge in [-0.1, -0.05) is 13.8 Å². The third kappa shape index (κ3) is 3.37. The molecule has 2 heterocycles. The van der Waals surface area contributed by atoms with Gasteiger partial charge in [-0.05, 0) is 98.5 Å². The van der Waals surface area contributed by atoms with Gasteiger partial charge in [-0.3, -0.25) is 0 Å². The Balaban J connectivity index is 1.21. The van der Waals surface area contributed by atoms with Crippen LogP contribution in [0.25, 0.3) is 0 Å². The van der Waals surface area contributed by atoms with Gasteiger partial charge in [0.2, 0.25) is 0 Å². The van der Waals surface area contributed by atoms with E-state index in [1.807, 2.05) is 11.0 Å². The Kier molecular flexibility index (Phi) is 5.84. The molecule has 6 rings (SSSR count). The number of fused-ring (bicyclic) bond motifs is 5. The van der Waals surface area contributed by atoms with E-state index in [0.717, 1.165) is 76.4 Å². The number of carbonyl (C=O) groups excluding carboxylic acids is 1. The van der Waals surface area contributed by atoms with E-state index in [2.05, 4.69) is 18.7 Å². The molecular formula is C29H43N3O4. The number of amides is 2. The first-order valence-electron chi connectivity index (χ1n) is 14.3. The molecule has 7 nitrogen and oxygen atoms in total. The lowest BCUT2D eigenvalue weighted by Crippen LogP contribution is -2.62. The van der Waals surface area contributed by atoms with E-state index >= 15 is 0 Å². The fourth-order valence-corrected chi connectivity index (χ4v) is 9.89. The van der Waals surface area contributed by atoms with Gasteiger partial charge < -0.3 is 25.1 Å². The Labute approximate surface area is 214 Å². The number of rotatable bonds is 4. The number of nitrogens with two attached hydrogens (primary N) is 1. The van der Waals surface area contributed by atoms with Gasteiger partial charge >= 0.3 is 11.7 Å². The van der Waals surface area contributed by atoms with Gasteiger partial charge in [0, 0.05) is 43.7 Å². The van der Waals surface area contributed by atoms with Crippen molar-refractivity contribution in [1.29, 1.82) is 0 Å². The van der Waals surface area contributed by atoms with Crippen molar-refractivity contribution >= 4 is 6.03 Å². The fourth-order valence-electron chi connectivity index (χ4n) is 9.89. The summed E-state index contributed by atoms with van der Waals surface area (Å²) >= 11 is 0. The molecule has 0 radical (unpaired) electrons. The van der Waals surface area contributed by atoms with Crippen molar-refractivity contribution in [1.82, 2.24) is 9.80 Å². The first kappa shape index (κ1) is 24.5. The van der Waals surface area contributed by atoms with Gasteiger partial charge in [0.1, 0.15) is 0 Å². The van der Waals surface area contributed by atoms with Crippen LogP contribution in [0.5, 0.6) is 0 Å². The summed E-state index contributed by atoms with van der Waals surface area (Å²) in [4.78, 5) is 28.6. The SMILES string of the molecule is C[C@]12CC[C@H](N3CCN(CCN)C3=O)C[C@H]1CC[C@@H]1[C@@H]2CC[C@]2(C)[C@@H](c3ccc(=O)oc3)CC[C@]12O. The molecule has 1 aromatic heterocycles. The van der Waals surface area contributed by atoms with Crippen LogP contribution in [0.15, 0.2) is 27.6 Å². The van der Waals surface area contributed by atoms with Gasteiger partial charge in [-0.15, -0.1) is 0 Å². The summed E-state index contributed by atoms with van der Waals surface area (Å²) in [5, 5.41) is 12.4. The minimum atomic E-state index is -0.671. The lowest BCUT2D eigenvalue weighted by atomic mass is 9.43. The maximum absolute atomic E-state index is 13.0. The van der Waals surface area contributed by atoms with Crippen molar-refractivity contribution in [2.45, 2.75) is 89.2 Å². The van der Waals surface area contributed by atoms with E-state index in [9.17, 15) is 14.7 Å². The molecule has 1 aromatic rings. The zero-order chi connectivity index (χ0) is 25.3. The quantitative estimate of drug-likeness (QED) is 0.656. The van der Waals surface area contributed by atoms with Crippen LogP contribution in [0.1, 0.15) is 83.1 Å². The third-order valence-corrected chi connectivity index (χ3v) is 11.9. The van der Waals surface area contributed by atoms with Crippen LogP contribution < -0.4 is 11.4 Å². The maximum atomic E-state index is 13.0. The predicted molar refractivity (Wildman–Crippen MR) is 137 cm³/mol. The van der Waals surface area contributed by atoms with Crippen molar-refractivity contribution in [3.8, 4) is 0 Å². The van der Waals surface area contributed by atoms with Gasteiger partial charge in [0.15, 0.2) is 0 Å². The second kappa shape index (κ2) is 8.59. The number of hydrogen-bond donors (Lipinski definition) is 2. The third-order valence-electron chi connectivity index (χ3n) is 11.9. The van der Waals surface area contributed by atoms with E-state index in [4.69, 9.17) is 10.2 Å². The van der Waals surface area contributed by atoms with E-state index < -0.39 is 5.60 Å². The largest absolute Gasteiger partial charge is 0.431 e. The highest BCUT2D eigenvalue weighted by molar-refractivity contribution is 5.77. The number of aliphatic hydroxyl groups is 1. The summed E-state index contributed by atoms with van der Waals surface area (Å²) in [6, 6.07) is 3.95. The molecule has 0 unspecified atom stereocenters. The molecule has 0 aromatic carbocycles. The molecule has 2 amide bonds. The van der Waals surface area contributed by atoms with Gasteiger partial charge in [-0.2, -0.15) is 0 Å². The molecule has 36 heavy (non-hydrogen) atoms. The zero-order valence-corrected chi connectivity index (χ0v) is 22.0. The fraction of sp³-hybridized carbons (Fsp3) is 0.793. The minimum Gasteiger partial charge on any atom is -0.431 e.